The average Bonchev–Trinajstić information content (AvgIpc) is 3.08. The molecule has 2 aliphatic rings. The highest BCUT2D eigenvalue weighted by Crippen LogP contribution is 2.39. The van der Waals surface area contributed by atoms with Gasteiger partial charge in [-0.1, -0.05) is 48.2 Å². The molecule has 0 bridgehead atoms. The summed E-state index contributed by atoms with van der Waals surface area (Å²) >= 11 is 12.1. The van der Waals surface area contributed by atoms with E-state index >= 15 is 0 Å². The molecule has 9 heteroatoms. The Morgan fingerprint density at radius 2 is 1.64 bits per heavy atom. The van der Waals surface area contributed by atoms with E-state index in [4.69, 9.17) is 27.9 Å². The van der Waals surface area contributed by atoms with Crippen LogP contribution < -0.4 is 4.74 Å². The SMILES string of the molecule is COc1cccc(C(=O)CN(C(=O)c2ccc(Cl)c(Cl)c2)N2C(=O)[C@H]3CCCC[C@@H]3C2=O)c1. The summed E-state index contributed by atoms with van der Waals surface area (Å²) in [4.78, 5) is 53.0. The number of benzene rings is 2. The van der Waals surface area contributed by atoms with E-state index in [9.17, 15) is 19.2 Å². The highest BCUT2D eigenvalue weighted by molar-refractivity contribution is 6.42. The second kappa shape index (κ2) is 9.53. The summed E-state index contributed by atoms with van der Waals surface area (Å²) in [5.41, 5.74) is 0.399. The molecule has 1 aliphatic carbocycles. The van der Waals surface area contributed by atoms with E-state index in [1.807, 2.05) is 0 Å². The Balaban J connectivity index is 1.70. The van der Waals surface area contributed by atoms with Crippen molar-refractivity contribution in [2.75, 3.05) is 13.7 Å². The van der Waals surface area contributed by atoms with E-state index in [0.717, 1.165) is 22.9 Å². The van der Waals surface area contributed by atoms with Crippen molar-refractivity contribution in [3.63, 3.8) is 0 Å². The predicted octanol–water partition coefficient (Wildman–Crippen LogP) is 4.42. The quantitative estimate of drug-likeness (QED) is 0.443. The molecule has 172 valence electrons. The van der Waals surface area contributed by atoms with Gasteiger partial charge in [0.1, 0.15) is 12.3 Å². The smallest absolute Gasteiger partial charge is 0.273 e. The summed E-state index contributed by atoms with van der Waals surface area (Å²) in [5, 5.41) is 2.20. The van der Waals surface area contributed by atoms with E-state index in [-0.39, 0.29) is 21.2 Å². The van der Waals surface area contributed by atoms with Crippen LogP contribution in [0.4, 0.5) is 0 Å². The lowest BCUT2D eigenvalue weighted by atomic mass is 9.81. The maximum atomic E-state index is 13.5. The van der Waals surface area contributed by atoms with E-state index in [1.165, 1.54) is 31.4 Å². The number of methoxy groups -OCH3 is 1. The number of carbonyl (C=O) groups is 4. The summed E-state index contributed by atoms with van der Waals surface area (Å²) in [6.45, 7) is -0.497. The van der Waals surface area contributed by atoms with Crippen LogP contribution in [0.1, 0.15) is 46.4 Å². The molecule has 2 aromatic rings. The van der Waals surface area contributed by atoms with Gasteiger partial charge >= 0.3 is 0 Å². The number of nitrogens with zero attached hydrogens (tertiary/aromatic N) is 2. The number of hydrogen-bond acceptors (Lipinski definition) is 5. The summed E-state index contributed by atoms with van der Waals surface area (Å²) in [6, 6.07) is 10.7. The number of carbonyl (C=O) groups excluding carboxylic acids is 4. The van der Waals surface area contributed by atoms with Gasteiger partial charge in [-0.3, -0.25) is 19.2 Å². The van der Waals surface area contributed by atoms with Crippen LogP contribution in [-0.2, 0) is 9.59 Å². The molecule has 0 spiro atoms. The van der Waals surface area contributed by atoms with Crippen molar-refractivity contribution < 1.29 is 23.9 Å². The molecule has 1 saturated heterocycles. The van der Waals surface area contributed by atoms with Gasteiger partial charge in [0.05, 0.1) is 29.0 Å². The topological polar surface area (TPSA) is 84.0 Å². The molecular formula is C24H22Cl2N2O5. The molecule has 0 unspecified atom stereocenters. The van der Waals surface area contributed by atoms with Gasteiger partial charge in [0.25, 0.3) is 17.7 Å². The van der Waals surface area contributed by atoms with Gasteiger partial charge in [0.2, 0.25) is 0 Å². The van der Waals surface area contributed by atoms with Crippen molar-refractivity contribution in [1.29, 1.82) is 0 Å². The Morgan fingerprint density at radius 1 is 0.970 bits per heavy atom. The summed E-state index contributed by atoms with van der Waals surface area (Å²) in [5.74, 6) is -2.50. The maximum Gasteiger partial charge on any atom is 0.273 e. The molecule has 1 aliphatic heterocycles. The molecular weight excluding hydrogens is 467 g/mol. The number of hydrazine groups is 1. The molecule has 1 heterocycles. The normalized spacial score (nSPS) is 19.9. The molecule has 7 nitrogen and oxygen atoms in total. The van der Waals surface area contributed by atoms with Crippen LogP contribution in [0.15, 0.2) is 42.5 Å². The largest absolute Gasteiger partial charge is 0.497 e. The van der Waals surface area contributed by atoms with E-state index < -0.39 is 41.9 Å². The molecule has 2 atom stereocenters. The van der Waals surface area contributed by atoms with E-state index in [1.54, 1.807) is 18.2 Å². The minimum atomic E-state index is -0.690. The number of hydrogen-bond donors (Lipinski definition) is 0. The second-order valence-corrected chi connectivity index (χ2v) is 8.95. The number of amides is 3. The molecule has 0 radical (unpaired) electrons. The lowest BCUT2D eigenvalue weighted by Gasteiger charge is -2.30. The summed E-state index contributed by atoms with van der Waals surface area (Å²) in [7, 11) is 1.48. The van der Waals surface area contributed by atoms with Crippen LogP contribution in [-0.4, -0.2) is 47.2 Å². The number of ketones is 1. The molecule has 1 saturated carbocycles. The Labute approximate surface area is 201 Å². The first-order valence-electron chi connectivity index (χ1n) is 10.6. The van der Waals surface area contributed by atoms with Crippen LogP contribution >= 0.6 is 23.2 Å². The molecule has 2 aromatic carbocycles. The number of rotatable bonds is 6. The first-order chi connectivity index (χ1) is 15.8. The molecule has 3 amide bonds. The fourth-order valence-electron chi connectivity index (χ4n) is 4.42. The van der Waals surface area contributed by atoms with Crippen LogP contribution in [0.5, 0.6) is 5.75 Å². The summed E-state index contributed by atoms with van der Waals surface area (Å²) in [6.07, 6.45) is 2.86. The highest BCUT2D eigenvalue weighted by atomic mass is 35.5. The Hall–Kier alpha value is -2.90. The van der Waals surface area contributed by atoms with Crippen molar-refractivity contribution in [2.45, 2.75) is 25.7 Å². The second-order valence-electron chi connectivity index (χ2n) is 8.13. The highest BCUT2D eigenvalue weighted by Gasteiger charge is 2.51. The third-order valence-electron chi connectivity index (χ3n) is 6.15. The van der Waals surface area contributed by atoms with Crippen LogP contribution in [0.2, 0.25) is 10.0 Å². The number of halogens is 2. The van der Waals surface area contributed by atoms with Crippen LogP contribution in [0, 0.1) is 11.8 Å². The van der Waals surface area contributed by atoms with Crippen LogP contribution in [0.3, 0.4) is 0 Å². The molecule has 2 fully saturated rings. The molecule has 0 aromatic heterocycles. The Kier molecular flexibility index (Phi) is 6.72. The van der Waals surface area contributed by atoms with Crippen molar-refractivity contribution in [3.8, 4) is 5.75 Å². The standard InChI is InChI=1S/C24H22Cl2N2O5/c1-33-16-6-4-5-14(11-16)21(29)13-27(22(30)15-9-10-19(25)20(26)12-15)28-23(31)17-7-2-3-8-18(17)24(28)32/h4-6,9-12,17-18H,2-3,7-8,13H2,1H3/t17-,18-/m0/s1. The van der Waals surface area contributed by atoms with E-state index in [0.29, 0.717) is 18.6 Å². The van der Waals surface area contributed by atoms with Gasteiger partial charge in [-0.25, -0.2) is 5.01 Å². The minimum absolute atomic E-state index is 0.110. The van der Waals surface area contributed by atoms with Gasteiger partial charge in [-0.05, 0) is 43.2 Å². The Morgan fingerprint density at radius 3 is 2.24 bits per heavy atom. The third kappa shape index (κ3) is 4.48. The first-order valence-corrected chi connectivity index (χ1v) is 11.4. The monoisotopic (exact) mass is 488 g/mol. The molecule has 0 N–H and O–H groups in total. The van der Waals surface area contributed by atoms with Gasteiger partial charge in [-0.15, -0.1) is 0 Å². The number of Topliss-reactive ketones (excluding diaryl/α,β-unsaturated/α-hetero) is 1. The van der Waals surface area contributed by atoms with Crippen molar-refractivity contribution in [2.24, 2.45) is 11.8 Å². The van der Waals surface area contributed by atoms with Gasteiger partial charge in [-0.2, -0.15) is 5.01 Å². The number of fused-ring (bicyclic) bond motifs is 1. The lowest BCUT2D eigenvalue weighted by Crippen LogP contribution is -2.52. The number of imide groups is 1. The van der Waals surface area contributed by atoms with Crippen molar-refractivity contribution in [3.05, 3.63) is 63.6 Å². The fourth-order valence-corrected chi connectivity index (χ4v) is 4.72. The van der Waals surface area contributed by atoms with Gasteiger partial charge in [0.15, 0.2) is 5.78 Å². The van der Waals surface area contributed by atoms with Crippen molar-refractivity contribution >= 4 is 46.7 Å². The summed E-state index contributed by atoms with van der Waals surface area (Å²) < 4.78 is 5.17. The lowest BCUT2D eigenvalue weighted by molar-refractivity contribution is -0.154. The van der Waals surface area contributed by atoms with E-state index in [2.05, 4.69) is 0 Å². The first kappa shape index (κ1) is 23.3. The van der Waals surface area contributed by atoms with Crippen LogP contribution in [0.25, 0.3) is 0 Å². The predicted molar refractivity (Wildman–Crippen MR) is 122 cm³/mol. The number of ether oxygens (including phenoxy) is 1. The van der Waals surface area contributed by atoms with Gasteiger partial charge in [0, 0.05) is 11.1 Å². The molecule has 4 rings (SSSR count). The zero-order chi connectivity index (χ0) is 23.7. The van der Waals surface area contributed by atoms with Crippen molar-refractivity contribution in [1.82, 2.24) is 10.0 Å². The van der Waals surface area contributed by atoms with Gasteiger partial charge < -0.3 is 4.74 Å². The third-order valence-corrected chi connectivity index (χ3v) is 6.88. The average molecular weight is 489 g/mol. The fraction of sp³-hybridized carbons (Fsp3) is 0.333. The molecule has 33 heavy (non-hydrogen) atoms. The maximum absolute atomic E-state index is 13.5. The Bertz CT molecular complexity index is 1110. The zero-order valence-corrected chi connectivity index (χ0v) is 19.4. The minimum Gasteiger partial charge on any atom is -0.497 e. The zero-order valence-electron chi connectivity index (χ0n) is 17.9.